The van der Waals surface area contributed by atoms with E-state index in [4.69, 9.17) is 0 Å². The number of likely N-dealkylation sites (N-methyl/N-ethyl adjacent to an activating group) is 1. The summed E-state index contributed by atoms with van der Waals surface area (Å²) in [6, 6.07) is 9.62. The molecule has 4 rings (SSSR count). The molecule has 6 nitrogen and oxygen atoms in total. The monoisotopic (exact) mass is 354 g/mol. The average Bonchev–Trinajstić information content (AvgIpc) is 3.02. The number of nitrogens with zero attached hydrogens (tertiary/aromatic N) is 3. The zero-order valence-electron chi connectivity index (χ0n) is 15.7. The molecule has 1 aliphatic heterocycles. The van der Waals surface area contributed by atoms with Crippen LogP contribution in [0.4, 0.5) is 0 Å². The molecular formula is C20H26N4O2. The van der Waals surface area contributed by atoms with Crippen LogP contribution in [0.25, 0.3) is 5.69 Å². The maximum Gasteiger partial charge on any atom is 0.274 e. The third kappa shape index (κ3) is 2.35. The fraction of sp³-hybridized carbons (Fsp3) is 0.500. The van der Waals surface area contributed by atoms with Crippen molar-refractivity contribution in [3.8, 4) is 5.69 Å². The number of carbonyl (C=O) groups excluding carboxylic acids is 1. The standard InChI is InChI=1S/C20H26N4O2/c1-14-16(23(3)24(18(14)25)15-10-6-4-7-11-15)17-21-20(19(26)22(17)2)12-8-5-9-13-20/h4,6-7,10-11,17,21H,5,8-9,12-13H2,1-3H3. The molecule has 138 valence electrons. The molecule has 6 heteroatoms. The van der Waals surface area contributed by atoms with Crippen molar-refractivity contribution in [2.75, 3.05) is 7.05 Å². The van der Waals surface area contributed by atoms with E-state index >= 15 is 0 Å². The molecule has 1 saturated carbocycles. The van der Waals surface area contributed by atoms with Gasteiger partial charge in [0.15, 0.2) is 0 Å². The van der Waals surface area contributed by atoms with Gasteiger partial charge in [0.05, 0.1) is 16.9 Å². The molecule has 2 fully saturated rings. The smallest absolute Gasteiger partial charge is 0.274 e. The summed E-state index contributed by atoms with van der Waals surface area (Å²) in [6.45, 7) is 1.85. The lowest BCUT2D eigenvalue weighted by atomic mass is 9.82. The minimum Gasteiger partial charge on any atom is -0.323 e. The molecule has 2 aromatic rings. The van der Waals surface area contributed by atoms with Crippen LogP contribution in [0.15, 0.2) is 35.1 Å². The van der Waals surface area contributed by atoms with Crippen LogP contribution in [0.3, 0.4) is 0 Å². The molecule has 2 heterocycles. The summed E-state index contributed by atoms with van der Waals surface area (Å²) >= 11 is 0. The number of carbonyl (C=O) groups is 1. The van der Waals surface area contributed by atoms with E-state index in [0.717, 1.165) is 37.1 Å². The summed E-state index contributed by atoms with van der Waals surface area (Å²) in [4.78, 5) is 27.7. The highest BCUT2D eigenvalue weighted by Crippen LogP contribution is 2.39. The highest BCUT2D eigenvalue weighted by Gasteiger charge is 2.51. The van der Waals surface area contributed by atoms with E-state index in [2.05, 4.69) is 5.32 Å². The van der Waals surface area contributed by atoms with Crippen molar-refractivity contribution in [2.45, 2.75) is 50.7 Å². The predicted molar refractivity (Wildman–Crippen MR) is 100 cm³/mol. The van der Waals surface area contributed by atoms with E-state index in [0.29, 0.717) is 5.56 Å². The normalized spacial score (nSPS) is 22.3. The molecule has 1 unspecified atom stereocenters. The van der Waals surface area contributed by atoms with E-state index in [-0.39, 0.29) is 17.6 Å². The lowest BCUT2D eigenvalue weighted by Crippen LogP contribution is -2.48. The van der Waals surface area contributed by atoms with Crippen LogP contribution in [-0.4, -0.2) is 32.8 Å². The van der Waals surface area contributed by atoms with Gasteiger partial charge in [-0.2, -0.15) is 0 Å². The minimum atomic E-state index is -0.463. The molecule has 1 N–H and O–H groups in total. The van der Waals surface area contributed by atoms with Crippen molar-refractivity contribution in [1.82, 2.24) is 19.6 Å². The molecule has 1 aromatic carbocycles. The van der Waals surface area contributed by atoms with Gasteiger partial charge in [0.2, 0.25) is 5.91 Å². The second-order valence-corrected chi connectivity index (χ2v) is 7.59. The first-order chi connectivity index (χ1) is 12.5. The molecule has 1 aromatic heterocycles. The van der Waals surface area contributed by atoms with Gasteiger partial charge in [-0.3, -0.25) is 19.6 Å². The van der Waals surface area contributed by atoms with Crippen molar-refractivity contribution in [2.24, 2.45) is 7.05 Å². The molecule has 2 aliphatic rings. The fourth-order valence-corrected chi connectivity index (χ4v) is 4.64. The number of para-hydroxylation sites is 1. The number of aromatic nitrogens is 2. The number of rotatable bonds is 2. The molecule has 1 aliphatic carbocycles. The third-order valence-corrected chi connectivity index (χ3v) is 6.04. The average molecular weight is 354 g/mol. The van der Waals surface area contributed by atoms with E-state index in [1.54, 1.807) is 9.58 Å². The van der Waals surface area contributed by atoms with Gasteiger partial charge < -0.3 is 4.90 Å². The summed E-state index contributed by atoms with van der Waals surface area (Å²) in [5, 5.41) is 3.60. The van der Waals surface area contributed by atoms with Crippen LogP contribution in [0, 0.1) is 6.92 Å². The van der Waals surface area contributed by atoms with E-state index < -0.39 is 5.54 Å². The lowest BCUT2D eigenvalue weighted by molar-refractivity contribution is -0.133. The minimum absolute atomic E-state index is 0.0408. The quantitative estimate of drug-likeness (QED) is 0.900. The van der Waals surface area contributed by atoms with Crippen molar-refractivity contribution in [3.63, 3.8) is 0 Å². The lowest BCUT2D eigenvalue weighted by Gasteiger charge is -2.31. The van der Waals surface area contributed by atoms with Crippen molar-refractivity contribution in [3.05, 3.63) is 51.9 Å². The molecule has 1 atom stereocenters. The van der Waals surface area contributed by atoms with Crippen LogP contribution in [0.1, 0.15) is 49.5 Å². The number of amides is 1. The highest BCUT2D eigenvalue weighted by molar-refractivity contribution is 5.89. The Hall–Kier alpha value is -2.34. The van der Waals surface area contributed by atoms with Gasteiger partial charge in [-0.25, -0.2) is 4.68 Å². The Bertz CT molecular complexity index is 891. The van der Waals surface area contributed by atoms with Crippen molar-refractivity contribution in [1.29, 1.82) is 0 Å². The topological polar surface area (TPSA) is 59.3 Å². The van der Waals surface area contributed by atoms with Gasteiger partial charge in [0, 0.05) is 19.7 Å². The zero-order valence-corrected chi connectivity index (χ0v) is 15.7. The maximum atomic E-state index is 13.0. The summed E-state index contributed by atoms with van der Waals surface area (Å²) in [6.07, 6.45) is 4.80. The zero-order chi connectivity index (χ0) is 18.5. The van der Waals surface area contributed by atoms with Gasteiger partial charge in [-0.15, -0.1) is 0 Å². The maximum absolute atomic E-state index is 13.0. The van der Waals surface area contributed by atoms with Crippen molar-refractivity contribution < 1.29 is 4.79 Å². The Morgan fingerprint density at radius 1 is 1.04 bits per heavy atom. The second-order valence-electron chi connectivity index (χ2n) is 7.59. The first-order valence-electron chi connectivity index (χ1n) is 9.35. The van der Waals surface area contributed by atoms with Gasteiger partial charge >= 0.3 is 0 Å². The third-order valence-electron chi connectivity index (χ3n) is 6.04. The second kappa shape index (κ2) is 6.13. The van der Waals surface area contributed by atoms with Gasteiger partial charge in [-0.05, 0) is 31.9 Å². The summed E-state index contributed by atoms with van der Waals surface area (Å²) < 4.78 is 3.56. The Labute approximate surface area is 153 Å². The van der Waals surface area contributed by atoms with Crippen LogP contribution >= 0.6 is 0 Å². The summed E-state index contributed by atoms with van der Waals surface area (Å²) in [7, 11) is 3.73. The Balaban J connectivity index is 1.80. The van der Waals surface area contributed by atoms with Crippen LogP contribution < -0.4 is 10.9 Å². The van der Waals surface area contributed by atoms with Gasteiger partial charge in [0.1, 0.15) is 6.17 Å². The summed E-state index contributed by atoms with van der Waals surface area (Å²) in [5.41, 5.74) is 1.86. The van der Waals surface area contributed by atoms with Crippen LogP contribution in [0.2, 0.25) is 0 Å². The predicted octanol–water partition coefficient (Wildman–Crippen LogP) is 2.25. The first-order valence-corrected chi connectivity index (χ1v) is 9.35. The molecule has 1 saturated heterocycles. The van der Waals surface area contributed by atoms with Crippen LogP contribution in [-0.2, 0) is 11.8 Å². The summed E-state index contributed by atoms with van der Waals surface area (Å²) in [5.74, 6) is 0.154. The Kier molecular flexibility index (Phi) is 4.03. The van der Waals surface area contributed by atoms with Crippen molar-refractivity contribution >= 4 is 5.91 Å². The van der Waals surface area contributed by atoms with E-state index in [1.807, 2.05) is 56.0 Å². The molecular weight excluding hydrogens is 328 g/mol. The first kappa shape index (κ1) is 17.1. The Morgan fingerprint density at radius 3 is 2.35 bits per heavy atom. The molecule has 1 amide bonds. The number of benzene rings is 1. The molecule has 1 spiro atoms. The Morgan fingerprint density at radius 2 is 1.69 bits per heavy atom. The van der Waals surface area contributed by atoms with E-state index in [9.17, 15) is 9.59 Å². The SMILES string of the molecule is Cc1c(C2NC3(CCCCC3)C(=O)N2C)n(C)n(-c2ccccc2)c1=O. The number of nitrogens with one attached hydrogen (secondary N) is 1. The largest absolute Gasteiger partial charge is 0.323 e. The highest BCUT2D eigenvalue weighted by atomic mass is 16.2. The fourth-order valence-electron chi connectivity index (χ4n) is 4.64. The molecule has 26 heavy (non-hydrogen) atoms. The van der Waals surface area contributed by atoms with E-state index in [1.165, 1.54) is 6.42 Å². The number of hydrogen-bond acceptors (Lipinski definition) is 3. The molecule has 0 bridgehead atoms. The van der Waals surface area contributed by atoms with Gasteiger partial charge in [0.25, 0.3) is 5.56 Å². The van der Waals surface area contributed by atoms with Gasteiger partial charge in [-0.1, -0.05) is 37.5 Å². The molecule has 0 radical (unpaired) electrons. The van der Waals surface area contributed by atoms with Crippen LogP contribution in [0.5, 0.6) is 0 Å². The number of hydrogen-bond donors (Lipinski definition) is 1.